The minimum absolute atomic E-state index is 0.195. The van der Waals surface area contributed by atoms with Crippen LogP contribution < -0.4 is 29.7 Å². The molecule has 0 bridgehead atoms. The summed E-state index contributed by atoms with van der Waals surface area (Å²) < 4.78 is 17.1. The Hall–Kier alpha value is -4.06. The monoisotopic (exact) mass is 675 g/mol. The first kappa shape index (κ1) is 30.9. The standard InChI is InChI=1S/C29H24BrCl2N3O7/c1-3-10-41-24-9-6-18(14-25(24)40-2)35-28(38)19(27(37)34-29(35)39)11-16-4-8-23(20(30)12-16)42-15-26(36)33-17-5-7-21(31)22(32)13-17/h4-9,11-14H,3,10,15H2,1-2H3,(H,33,36)(H,34,37,39)/b19-11-. The summed E-state index contributed by atoms with van der Waals surface area (Å²) in [6, 6.07) is 13.2. The molecule has 4 rings (SSSR count). The third-order valence-corrected chi connectivity index (χ3v) is 7.16. The lowest BCUT2D eigenvalue weighted by atomic mass is 10.1. The predicted octanol–water partition coefficient (Wildman–Crippen LogP) is 6.24. The number of imide groups is 2. The van der Waals surface area contributed by atoms with Gasteiger partial charge in [-0.3, -0.25) is 19.7 Å². The van der Waals surface area contributed by atoms with Crippen molar-refractivity contribution in [3.63, 3.8) is 0 Å². The zero-order valence-corrected chi connectivity index (χ0v) is 25.4. The summed E-state index contributed by atoms with van der Waals surface area (Å²) >= 11 is 15.2. The molecule has 1 aliphatic rings. The number of nitrogens with zero attached hydrogens (tertiary/aromatic N) is 1. The maximum Gasteiger partial charge on any atom is 0.335 e. The molecule has 2 N–H and O–H groups in total. The number of amides is 5. The van der Waals surface area contributed by atoms with Gasteiger partial charge in [0.2, 0.25) is 0 Å². The highest BCUT2D eigenvalue weighted by molar-refractivity contribution is 9.10. The fraction of sp³-hybridized carbons (Fsp3) is 0.172. The summed E-state index contributed by atoms with van der Waals surface area (Å²) in [4.78, 5) is 51.8. The summed E-state index contributed by atoms with van der Waals surface area (Å²) in [5, 5.41) is 5.51. The van der Waals surface area contributed by atoms with E-state index in [0.29, 0.717) is 49.6 Å². The van der Waals surface area contributed by atoms with Gasteiger partial charge in [0.25, 0.3) is 17.7 Å². The van der Waals surface area contributed by atoms with Gasteiger partial charge in [-0.1, -0.05) is 36.2 Å². The Morgan fingerprint density at radius 3 is 2.43 bits per heavy atom. The Bertz CT molecular complexity index is 1600. The second-order valence-corrected chi connectivity index (χ2v) is 10.5. The van der Waals surface area contributed by atoms with E-state index in [0.717, 1.165) is 11.3 Å². The van der Waals surface area contributed by atoms with Crippen LogP contribution in [0.4, 0.5) is 16.2 Å². The number of barbiturate groups is 1. The van der Waals surface area contributed by atoms with Gasteiger partial charge in [-0.15, -0.1) is 0 Å². The summed E-state index contributed by atoms with van der Waals surface area (Å²) in [5.41, 5.74) is 0.853. The predicted molar refractivity (Wildman–Crippen MR) is 163 cm³/mol. The molecule has 0 radical (unpaired) electrons. The minimum atomic E-state index is -0.893. The summed E-state index contributed by atoms with van der Waals surface area (Å²) in [5.74, 6) is -0.958. The number of nitrogens with one attached hydrogen (secondary N) is 2. The van der Waals surface area contributed by atoms with Crippen molar-refractivity contribution in [2.75, 3.05) is 30.5 Å². The summed E-state index contributed by atoms with van der Waals surface area (Å²) in [7, 11) is 1.44. The third kappa shape index (κ3) is 7.22. The third-order valence-electron chi connectivity index (χ3n) is 5.80. The van der Waals surface area contributed by atoms with Gasteiger partial charge in [0.1, 0.15) is 11.3 Å². The van der Waals surface area contributed by atoms with Crippen molar-refractivity contribution in [3.8, 4) is 17.2 Å². The van der Waals surface area contributed by atoms with Crippen molar-refractivity contribution in [1.82, 2.24) is 5.32 Å². The molecule has 0 aromatic heterocycles. The Morgan fingerprint density at radius 1 is 0.976 bits per heavy atom. The maximum absolute atomic E-state index is 13.3. The van der Waals surface area contributed by atoms with Gasteiger partial charge in [-0.25, -0.2) is 9.69 Å². The van der Waals surface area contributed by atoms with Crippen molar-refractivity contribution in [3.05, 3.63) is 80.3 Å². The molecule has 5 amide bonds. The van der Waals surface area contributed by atoms with Gasteiger partial charge in [0, 0.05) is 11.8 Å². The first-order chi connectivity index (χ1) is 20.1. The first-order valence-corrected chi connectivity index (χ1v) is 14.1. The van der Waals surface area contributed by atoms with E-state index in [1.807, 2.05) is 6.92 Å². The highest BCUT2D eigenvalue weighted by Crippen LogP contribution is 2.34. The molecule has 3 aromatic rings. The fourth-order valence-electron chi connectivity index (χ4n) is 3.82. The largest absolute Gasteiger partial charge is 0.493 e. The molecule has 0 saturated carbocycles. The minimum Gasteiger partial charge on any atom is -0.493 e. The number of anilines is 2. The lowest BCUT2D eigenvalue weighted by molar-refractivity contribution is -0.122. The average molecular weight is 677 g/mol. The molecular weight excluding hydrogens is 653 g/mol. The average Bonchev–Trinajstić information content (AvgIpc) is 2.95. The lowest BCUT2D eigenvalue weighted by Crippen LogP contribution is -2.54. The molecule has 0 atom stereocenters. The highest BCUT2D eigenvalue weighted by atomic mass is 79.9. The van der Waals surface area contributed by atoms with Crippen molar-refractivity contribution >= 4 is 80.3 Å². The number of carbonyl (C=O) groups excluding carboxylic acids is 4. The van der Waals surface area contributed by atoms with Crippen molar-refractivity contribution in [1.29, 1.82) is 0 Å². The van der Waals surface area contributed by atoms with E-state index in [4.69, 9.17) is 37.4 Å². The SMILES string of the molecule is CCCOc1ccc(N2C(=O)NC(=O)/C(=C/c3ccc(OCC(=O)Nc4ccc(Cl)c(Cl)c4)c(Br)c3)C2=O)cc1OC. The summed E-state index contributed by atoms with van der Waals surface area (Å²) in [6.07, 6.45) is 2.13. The van der Waals surface area contributed by atoms with Gasteiger partial charge in [-0.05, 0) is 76.5 Å². The van der Waals surface area contributed by atoms with Crippen molar-refractivity contribution in [2.45, 2.75) is 13.3 Å². The second-order valence-electron chi connectivity index (χ2n) is 8.80. The molecule has 3 aromatic carbocycles. The smallest absolute Gasteiger partial charge is 0.335 e. The van der Waals surface area contributed by atoms with Gasteiger partial charge >= 0.3 is 6.03 Å². The van der Waals surface area contributed by atoms with E-state index < -0.39 is 23.8 Å². The number of halogens is 3. The quantitative estimate of drug-likeness (QED) is 0.193. The Balaban J connectivity index is 1.48. The molecule has 10 nitrogen and oxygen atoms in total. The molecule has 13 heteroatoms. The van der Waals surface area contributed by atoms with Gasteiger partial charge in [-0.2, -0.15) is 0 Å². The fourth-order valence-corrected chi connectivity index (χ4v) is 4.63. The number of hydrogen-bond acceptors (Lipinski definition) is 7. The lowest BCUT2D eigenvalue weighted by Gasteiger charge is -2.27. The number of rotatable bonds is 10. The molecule has 1 saturated heterocycles. The maximum atomic E-state index is 13.3. The van der Waals surface area contributed by atoms with Crippen molar-refractivity contribution < 1.29 is 33.4 Å². The molecule has 1 aliphatic heterocycles. The first-order valence-electron chi connectivity index (χ1n) is 12.5. The van der Waals surface area contributed by atoms with Crippen molar-refractivity contribution in [2.24, 2.45) is 0 Å². The molecule has 0 unspecified atom stereocenters. The molecule has 42 heavy (non-hydrogen) atoms. The molecular formula is C29H24BrCl2N3O7. The van der Waals surface area contributed by atoms with Crippen LogP contribution in [0.2, 0.25) is 10.0 Å². The van der Waals surface area contributed by atoms with Gasteiger partial charge in [0.15, 0.2) is 18.1 Å². The number of urea groups is 1. The van der Waals surface area contributed by atoms with Crippen LogP contribution in [-0.2, 0) is 14.4 Å². The van der Waals surface area contributed by atoms with E-state index in [1.165, 1.54) is 31.4 Å². The van der Waals surface area contributed by atoms with E-state index >= 15 is 0 Å². The normalized spacial score (nSPS) is 14.1. The van der Waals surface area contributed by atoms with E-state index in [1.54, 1.807) is 36.4 Å². The van der Waals surface area contributed by atoms with E-state index in [-0.39, 0.29) is 17.9 Å². The second kappa shape index (κ2) is 13.7. The number of benzene rings is 3. The number of carbonyl (C=O) groups is 4. The number of ether oxygens (including phenoxy) is 3. The highest BCUT2D eigenvalue weighted by Gasteiger charge is 2.37. The summed E-state index contributed by atoms with van der Waals surface area (Å²) in [6.45, 7) is 2.12. The van der Waals surface area contributed by atoms with Gasteiger partial charge in [0.05, 0.1) is 33.9 Å². The van der Waals surface area contributed by atoms with Crippen LogP contribution >= 0.6 is 39.1 Å². The Labute approximate surface area is 259 Å². The molecule has 0 spiro atoms. The van der Waals surface area contributed by atoms with Crippen LogP contribution in [0, 0.1) is 0 Å². The molecule has 0 aliphatic carbocycles. The van der Waals surface area contributed by atoms with Crippen LogP contribution in [-0.4, -0.2) is 44.1 Å². The zero-order chi connectivity index (χ0) is 30.4. The number of methoxy groups -OCH3 is 1. The Morgan fingerprint density at radius 2 is 1.74 bits per heavy atom. The van der Waals surface area contributed by atoms with Crippen LogP contribution in [0.3, 0.4) is 0 Å². The topological polar surface area (TPSA) is 123 Å². The van der Waals surface area contributed by atoms with E-state index in [2.05, 4.69) is 26.6 Å². The molecule has 1 fully saturated rings. The van der Waals surface area contributed by atoms with Gasteiger partial charge < -0.3 is 19.5 Å². The molecule has 218 valence electrons. The van der Waals surface area contributed by atoms with Crippen LogP contribution in [0.25, 0.3) is 6.08 Å². The Kier molecular flexibility index (Phi) is 10.1. The van der Waals surface area contributed by atoms with Crippen LogP contribution in [0.1, 0.15) is 18.9 Å². The zero-order valence-electron chi connectivity index (χ0n) is 22.3. The number of hydrogen-bond donors (Lipinski definition) is 2. The molecule has 1 heterocycles. The van der Waals surface area contributed by atoms with Crippen LogP contribution in [0.15, 0.2) is 64.6 Å². The van der Waals surface area contributed by atoms with E-state index in [9.17, 15) is 19.2 Å². The van der Waals surface area contributed by atoms with Crippen LogP contribution in [0.5, 0.6) is 17.2 Å².